The number of hydrogen-bond donors (Lipinski definition) is 2. The first kappa shape index (κ1) is 46.7. The molecule has 1 unspecified atom stereocenters. The number of nitrogens with zero attached hydrogens (tertiary/aromatic N) is 3. The second-order valence-electron chi connectivity index (χ2n) is 21.4. The van der Waals surface area contributed by atoms with Crippen LogP contribution in [-0.4, -0.2) is 106 Å². The van der Waals surface area contributed by atoms with Gasteiger partial charge in [-0.1, -0.05) is 54.6 Å². The molecule has 69 heavy (non-hydrogen) atoms. The summed E-state index contributed by atoms with van der Waals surface area (Å²) in [6.45, 7) is 2.10. The summed E-state index contributed by atoms with van der Waals surface area (Å²) in [5.41, 5.74) is 1.38. The van der Waals surface area contributed by atoms with E-state index in [0.29, 0.717) is 71.9 Å². The zero-order valence-electron chi connectivity index (χ0n) is 39.3. The van der Waals surface area contributed by atoms with Crippen LogP contribution in [0, 0.1) is 5.41 Å². The number of amides is 3. The van der Waals surface area contributed by atoms with Crippen molar-refractivity contribution in [3.63, 3.8) is 0 Å². The predicted molar refractivity (Wildman–Crippen MR) is 259 cm³/mol. The van der Waals surface area contributed by atoms with Gasteiger partial charge in [0.1, 0.15) is 36.2 Å². The molecule has 4 aliphatic carbocycles. The molecule has 3 aromatic carbocycles. The van der Waals surface area contributed by atoms with E-state index in [9.17, 15) is 28.1 Å². The molecular weight excluding hydrogens is 920 g/mol. The Morgan fingerprint density at radius 1 is 0.884 bits per heavy atom. The van der Waals surface area contributed by atoms with Gasteiger partial charge in [-0.05, 0) is 156 Å². The third kappa shape index (κ3) is 9.15. The number of rotatable bonds is 14. The molecule has 7 aliphatic rings. The quantitative estimate of drug-likeness (QED) is 0.0935. The van der Waals surface area contributed by atoms with Gasteiger partial charge in [-0.3, -0.25) is 23.7 Å². The van der Waals surface area contributed by atoms with Crippen LogP contribution in [0.3, 0.4) is 0 Å². The van der Waals surface area contributed by atoms with E-state index in [0.717, 1.165) is 44.9 Å². The average molecular weight is 982 g/mol. The molecule has 0 bridgehead atoms. The van der Waals surface area contributed by atoms with E-state index in [2.05, 4.69) is 32.3 Å². The second-order valence-corrected chi connectivity index (χ2v) is 24.6. The summed E-state index contributed by atoms with van der Waals surface area (Å²) in [6, 6.07) is 22.1. The van der Waals surface area contributed by atoms with Gasteiger partial charge in [-0.2, -0.15) is 0 Å². The number of nitrogens with one attached hydrogen (secondary N) is 2. The standard InChI is InChI=1S/C53H62F2N5O7PS/c1-32(51(64)66-42-29-52(30-42)19-20-52)57-68(65,67-41-11-7-4-8-12-41)47(55)34-13-18-45-35(23-34)24-46(69-45)48(61)56-43-16-14-38(58(2)40-25-37(54)26-40)27-39-15-17-44(60(39)49(43)62)50(63)59-31-36(28-53(59)21-22-53)33-9-5-3-6-10-33/h3-13,18,23-24,32,36-40,42-44,47H,14-17,19-22,25-31H2,1-2H3,(H,56,61)(H,57,65)/t32-,36+,37?,38-,39+,40?,43-,44-,47+,68?/m0/s1. The number of esters is 1. The minimum atomic E-state index is -4.49. The Hall–Kier alpha value is -4.69. The minimum absolute atomic E-state index is 0.00796. The molecule has 1 aromatic heterocycles. The van der Waals surface area contributed by atoms with Gasteiger partial charge in [-0.25, -0.2) is 13.9 Å². The van der Waals surface area contributed by atoms with Crippen LogP contribution in [0.1, 0.15) is 129 Å². The fraction of sp³-hybridized carbons (Fsp3) is 0.547. The van der Waals surface area contributed by atoms with Crippen LogP contribution in [-0.2, 0) is 23.7 Å². The number of fused-ring (bicyclic) bond motifs is 2. The van der Waals surface area contributed by atoms with Crippen molar-refractivity contribution >= 4 is 52.6 Å². The number of ether oxygens (including phenoxy) is 1. The number of benzene rings is 3. The van der Waals surface area contributed by atoms with Crippen molar-refractivity contribution in [3.05, 3.63) is 101 Å². The fourth-order valence-electron chi connectivity index (χ4n) is 12.2. The molecule has 4 heterocycles. The van der Waals surface area contributed by atoms with Crippen molar-refractivity contribution in [2.24, 2.45) is 5.41 Å². The lowest BCUT2D eigenvalue weighted by molar-refractivity contribution is -0.158. The Bertz CT molecular complexity index is 2650. The first-order valence-corrected chi connectivity index (χ1v) is 27.6. The van der Waals surface area contributed by atoms with E-state index < -0.39 is 49.6 Å². The van der Waals surface area contributed by atoms with Gasteiger partial charge in [0.15, 0.2) is 0 Å². The molecule has 3 saturated heterocycles. The second kappa shape index (κ2) is 18.2. The van der Waals surface area contributed by atoms with Crippen LogP contribution < -0.4 is 14.9 Å². The maximum absolute atomic E-state index is 16.9. The van der Waals surface area contributed by atoms with Crippen molar-refractivity contribution in [1.29, 1.82) is 0 Å². The van der Waals surface area contributed by atoms with Gasteiger partial charge in [0.2, 0.25) is 17.7 Å². The molecule has 16 heteroatoms. The van der Waals surface area contributed by atoms with Crippen molar-refractivity contribution in [1.82, 2.24) is 25.1 Å². The summed E-state index contributed by atoms with van der Waals surface area (Å²) in [6.07, 6.45) is 9.48. The van der Waals surface area contributed by atoms with Crippen LogP contribution in [0.2, 0.25) is 0 Å². The number of thiophene rings is 1. The molecule has 366 valence electrons. The number of alkyl halides is 2. The van der Waals surface area contributed by atoms with Gasteiger partial charge in [0.25, 0.3) is 5.91 Å². The third-order valence-corrected chi connectivity index (χ3v) is 20.0. The molecule has 4 saturated carbocycles. The lowest BCUT2D eigenvalue weighted by Crippen LogP contribution is -2.59. The first-order valence-electron chi connectivity index (χ1n) is 25.0. The highest BCUT2D eigenvalue weighted by atomic mass is 32.1. The van der Waals surface area contributed by atoms with Crippen LogP contribution >= 0.6 is 18.9 Å². The molecule has 0 radical (unpaired) electrons. The summed E-state index contributed by atoms with van der Waals surface area (Å²) in [5.74, 6) is -3.17. The van der Waals surface area contributed by atoms with Crippen LogP contribution in [0.25, 0.3) is 10.1 Å². The fourth-order valence-corrected chi connectivity index (χ4v) is 15.1. The number of hydrogen-bond acceptors (Lipinski definition) is 9. The maximum Gasteiger partial charge on any atom is 0.355 e. The summed E-state index contributed by atoms with van der Waals surface area (Å²) < 4.78 is 57.9. The monoisotopic (exact) mass is 981 g/mol. The number of halogens is 2. The maximum atomic E-state index is 16.9. The van der Waals surface area contributed by atoms with Gasteiger partial charge < -0.3 is 29.3 Å². The van der Waals surface area contributed by atoms with Crippen molar-refractivity contribution in [2.45, 2.75) is 163 Å². The van der Waals surface area contributed by atoms with E-state index in [4.69, 9.17) is 9.26 Å². The predicted octanol–water partition coefficient (Wildman–Crippen LogP) is 9.60. The Labute approximate surface area is 406 Å². The number of carbonyl (C=O) groups is 4. The number of carbonyl (C=O) groups excluding carboxylic acids is 4. The SMILES string of the molecule is C[C@H](NP(=O)(Oc1ccccc1)[C@@H](F)c1ccc2sc(C(=O)N[C@H]3CC[C@H](N(C)C4CC(F)C4)C[C@H]4CC[C@@H](C(=O)N5C[C@H](c6ccccc6)CC56CC6)N4C3=O)cc2c1)C(=O)OC1CC2(CC2)C1. The zero-order valence-corrected chi connectivity index (χ0v) is 41.0. The molecule has 7 fully saturated rings. The Kier molecular flexibility index (Phi) is 12.3. The van der Waals surface area contributed by atoms with Gasteiger partial charge >= 0.3 is 13.5 Å². The molecule has 3 amide bonds. The normalized spacial score (nSPS) is 29.6. The first-order chi connectivity index (χ1) is 33.2. The van der Waals surface area contributed by atoms with E-state index in [1.165, 1.54) is 36.0 Å². The zero-order chi connectivity index (χ0) is 47.8. The average Bonchev–Trinajstić information content (AvgIpc) is 4.14. The third-order valence-electron chi connectivity index (χ3n) is 16.8. The van der Waals surface area contributed by atoms with E-state index in [-0.39, 0.29) is 58.8 Å². The molecule has 12 nitrogen and oxygen atoms in total. The molecule has 4 aromatic rings. The highest BCUT2D eigenvalue weighted by Crippen LogP contribution is 2.62. The van der Waals surface area contributed by atoms with Gasteiger partial charge in [-0.15, -0.1) is 11.3 Å². The minimum Gasteiger partial charge on any atom is -0.461 e. The lowest BCUT2D eigenvalue weighted by Gasteiger charge is -2.45. The van der Waals surface area contributed by atoms with Gasteiger partial charge in [0.05, 0.1) is 4.88 Å². The van der Waals surface area contributed by atoms with Crippen LogP contribution in [0.4, 0.5) is 8.78 Å². The Morgan fingerprint density at radius 2 is 1.61 bits per heavy atom. The van der Waals surface area contributed by atoms with Crippen molar-refractivity contribution < 1.29 is 41.8 Å². The molecule has 2 spiro atoms. The summed E-state index contributed by atoms with van der Waals surface area (Å²) >= 11 is 1.19. The molecule has 3 aliphatic heterocycles. The molecule has 8 atom stereocenters. The lowest BCUT2D eigenvalue weighted by atomic mass is 9.79. The van der Waals surface area contributed by atoms with Crippen LogP contribution in [0.15, 0.2) is 84.9 Å². The highest BCUT2D eigenvalue weighted by molar-refractivity contribution is 7.57. The summed E-state index contributed by atoms with van der Waals surface area (Å²) in [7, 11) is -2.46. The molecule has 2 N–H and O–H groups in total. The van der Waals surface area contributed by atoms with E-state index in [1.54, 1.807) is 47.4 Å². The number of para-hydroxylation sites is 1. The largest absolute Gasteiger partial charge is 0.461 e. The van der Waals surface area contributed by atoms with E-state index in [1.807, 2.05) is 25.2 Å². The highest BCUT2D eigenvalue weighted by Gasteiger charge is 2.59. The Balaban J connectivity index is 0.821. The summed E-state index contributed by atoms with van der Waals surface area (Å²) in [5, 5.41) is 6.28. The van der Waals surface area contributed by atoms with E-state index >= 15 is 4.39 Å². The molecule has 11 rings (SSSR count). The topological polar surface area (TPSA) is 138 Å². The number of likely N-dealkylation sites (tertiary alicyclic amines) is 1. The Morgan fingerprint density at radius 3 is 2.30 bits per heavy atom. The van der Waals surface area contributed by atoms with Gasteiger partial charge in [0, 0.05) is 40.8 Å². The smallest absolute Gasteiger partial charge is 0.355 e. The summed E-state index contributed by atoms with van der Waals surface area (Å²) in [4.78, 5) is 63.7. The van der Waals surface area contributed by atoms with Crippen LogP contribution in [0.5, 0.6) is 5.75 Å². The van der Waals surface area contributed by atoms with Crippen molar-refractivity contribution in [2.75, 3.05) is 13.6 Å². The van der Waals surface area contributed by atoms with Crippen molar-refractivity contribution in [3.8, 4) is 5.75 Å². The molecular formula is C53H62F2N5O7PS.